The third-order valence-corrected chi connectivity index (χ3v) is 6.02. The maximum absolute atomic E-state index is 13.1. The van der Waals surface area contributed by atoms with Gasteiger partial charge in [0.05, 0.1) is 12.4 Å². The number of carbonyl (C=O) groups is 1. The molecule has 6 nitrogen and oxygen atoms in total. The molecule has 0 aliphatic carbocycles. The zero-order chi connectivity index (χ0) is 20.5. The summed E-state index contributed by atoms with van der Waals surface area (Å²) in [6.07, 6.45) is 10.9. The van der Waals surface area contributed by atoms with Gasteiger partial charge in [0, 0.05) is 42.9 Å². The van der Waals surface area contributed by atoms with Crippen LogP contribution in [0.1, 0.15) is 25.7 Å². The largest absolute Gasteiger partial charge is 0.489 e. The number of rotatable bonds is 5. The highest BCUT2D eigenvalue weighted by Gasteiger charge is 2.43. The van der Waals surface area contributed by atoms with E-state index in [1.54, 1.807) is 35.4 Å². The van der Waals surface area contributed by atoms with Crippen LogP contribution in [0.4, 0.5) is 4.39 Å². The summed E-state index contributed by atoms with van der Waals surface area (Å²) in [5.41, 5.74) is 1.75. The first-order valence-electron chi connectivity index (χ1n) is 10.3. The lowest BCUT2D eigenvalue weighted by atomic mass is 9.99. The average molecular weight is 406 g/mol. The normalized spacial score (nSPS) is 22.8. The van der Waals surface area contributed by atoms with Crippen LogP contribution in [0.5, 0.6) is 5.75 Å². The Morgan fingerprint density at radius 2 is 1.83 bits per heavy atom. The molecule has 2 aromatic heterocycles. The number of carbonyl (C=O) groups excluding carboxylic acids is 1. The molecular formula is C23H23FN4O2. The molecule has 2 atom stereocenters. The summed E-state index contributed by atoms with van der Waals surface area (Å²) < 4.78 is 20.9. The number of hydrogen-bond acceptors (Lipinski definition) is 4. The summed E-state index contributed by atoms with van der Waals surface area (Å²) in [4.78, 5) is 19.2. The predicted molar refractivity (Wildman–Crippen MR) is 109 cm³/mol. The molecule has 2 aliphatic heterocycles. The maximum Gasteiger partial charge on any atom is 0.244 e. The Morgan fingerprint density at radius 3 is 2.53 bits per heavy atom. The Bertz CT molecular complexity index is 1010. The molecule has 4 heterocycles. The van der Waals surface area contributed by atoms with Gasteiger partial charge in [-0.2, -0.15) is 5.10 Å². The van der Waals surface area contributed by atoms with Gasteiger partial charge in [0.2, 0.25) is 5.91 Å². The predicted octanol–water partition coefficient (Wildman–Crippen LogP) is 3.69. The van der Waals surface area contributed by atoms with Gasteiger partial charge in [-0.15, -0.1) is 0 Å². The Labute approximate surface area is 174 Å². The van der Waals surface area contributed by atoms with E-state index in [0.717, 1.165) is 42.6 Å². The zero-order valence-electron chi connectivity index (χ0n) is 16.5. The highest BCUT2D eigenvalue weighted by molar-refractivity contribution is 5.77. The van der Waals surface area contributed by atoms with E-state index in [-0.39, 0.29) is 36.5 Å². The summed E-state index contributed by atoms with van der Waals surface area (Å²) in [6.45, 7) is 0.211. The quantitative estimate of drug-likeness (QED) is 0.649. The summed E-state index contributed by atoms with van der Waals surface area (Å²) in [5, 5.41) is 4.33. The van der Waals surface area contributed by atoms with E-state index in [1.165, 1.54) is 12.1 Å². The van der Waals surface area contributed by atoms with E-state index < -0.39 is 0 Å². The number of benzene rings is 1. The van der Waals surface area contributed by atoms with Gasteiger partial charge in [-0.05, 0) is 42.7 Å². The molecule has 2 fully saturated rings. The summed E-state index contributed by atoms with van der Waals surface area (Å²) >= 11 is 0. The first kappa shape index (κ1) is 18.8. The second-order valence-corrected chi connectivity index (χ2v) is 8.02. The van der Waals surface area contributed by atoms with Crippen LogP contribution in [0.3, 0.4) is 0 Å². The van der Waals surface area contributed by atoms with Crippen LogP contribution in [0, 0.1) is 5.82 Å². The van der Waals surface area contributed by atoms with Crippen molar-refractivity contribution in [3.63, 3.8) is 0 Å². The molecule has 1 amide bonds. The van der Waals surface area contributed by atoms with Crippen LogP contribution in [0.2, 0.25) is 0 Å². The van der Waals surface area contributed by atoms with E-state index in [9.17, 15) is 9.18 Å². The van der Waals surface area contributed by atoms with Crippen molar-refractivity contribution >= 4 is 5.91 Å². The Morgan fingerprint density at radius 1 is 1.07 bits per heavy atom. The molecule has 30 heavy (non-hydrogen) atoms. The fourth-order valence-electron chi connectivity index (χ4n) is 4.70. The van der Waals surface area contributed by atoms with E-state index in [0.29, 0.717) is 0 Å². The van der Waals surface area contributed by atoms with Crippen molar-refractivity contribution in [2.45, 2.75) is 50.4 Å². The van der Waals surface area contributed by atoms with Crippen molar-refractivity contribution < 1.29 is 13.9 Å². The minimum atomic E-state index is -0.271. The van der Waals surface area contributed by atoms with Crippen molar-refractivity contribution in [3.8, 4) is 16.9 Å². The van der Waals surface area contributed by atoms with E-state index in [1.807, 2.05) is 23.2 Å². The average Bonchev–Trinajstić information content (AvgIpc) is 3.32. The smallest absolute Gasteiger partial charge is 0.244 e. The third-order valence-electron chi connectivity index (χ3n) is 6.02. The van der Waals surface area contributed by atoms with Gasteiger partial charge < -0.3 is 9.64 Å². The molecule has 154 valence electrons. The number of pyridine rings is 1. The molecule has 0 spiro atoms. The molecule has 3 aromatic rings. The zero-order valence-corrected chi connectivity index (χ0v) is 16.5. The molecule has 2 saturated heterocycles. The van der Waals surface area contributed by atoms with Gasteiger partial charge in [0.1, 0.15) is 24.2 Å². The minimum absolute atomic E-state index is 0.0936. The number of piperidine rings is 1. The van der Waals surface area contributed by atoms with Crippen LogP contribution < -0.4 is 4.74 Å². The van der Waals surface area contributed by atoms with E-state index in [2.05, 4.69) is 10.1 Å². The van der Waals surface area contributed by atoms with Crippen LogP contribution in [0.25, 0.3) is 11.1 Å². The lowest BCUT2D eigenvalue weighted by Crippen LogP contribution is -2.50. The molecular weight excluding hydrogens is 383 g/mol. The number of amides is 1. The van der Waals surface area contributed by atoms with Gasteiger partial charge in [-0.3, -0.25) is 14.5 Å². The maximum atomic E-state index is 13.1. The molecule has 5 rings (SSSR count). The lowest BCUT2D eigenvalue weighted by molar-refractivity contribution is -0.137. The van der Waals surface area contributed by atoms with Crippen molar-refractivity contribution in [2.75, 3.05) is 0 Å². The van der Waals surface area contributed by atoms with Gasteiger partial charge in [-0.1, -0.05) is 12.1 Å². The topological polar surface area (TPSA) is 60.2 Å². The minimum Gasteiger partial charge on any atom is -0.489 e. The first-order chi connectivity index (χ1) is 14.7. The number of fused-ring (bicyclic) bond motifs is 2. The van der Waals surface area contributed by atoms with Crippen LogP contribution in [-0.4, -0.2) is 43.8 Å². The molecule has 2 unspecified atom stereocenters. The molecule has 0 radical (unpaired) electrons. The molecule has 2 bridgehead atoms. The van der Waals surface area contributed by atoms with Gasteiger partial charge >= 0.3 is 0 Å². The highest BCUT2D eigenvalue weighted by atomic mass is 19.1. The Kier molecular flexibility index (Phi) is 4.94. The number of halogens is 1. The second-order valence-electron chi connectivity index (χ2n) is 8.02. The molecule has 2 aliphatic rings. The van der Waals surface area contributed by atoms with Crippen molar-refractivity contribution in [1.82, 2.24) is 19.7 Å². The standard InChI is InChI=1S/C23H23FN4O2/c24-18-5-3-16(4-6-18)17-12-26-27(14-17)15-23(29)28-19-7-8-20(28)11-22(10-19)30-21-2-1-9-25-13-21/h1-6,9,12-14,19-20,22H,7-8,10-11,15H2. The summed E-state index contributed by atoms with van der Waals surface area (Å²) in [6, 6.07) is 10.5. The van der Waals surface area contributed by atoms with E-state index >= 15 is 0 Å². The Hall–Kier alpha value is -3.22. The summed E-state index contributed by atoms with van der Waals surface area (Å²) in [7, 11) is 0. The molecule has 7 heteroatoms. The number of ether oxygens (including phenoxy) is 1. The van der Waals surface area contributed by atoms with Gasteiger partial charge in [-0.25, -0.2) is 4.39 Å². The number of hydrogen-bond donors (Lipinski definition) is 0. The van der Waals surface area contributed by atoms with Crippen molar-refractivity contribution in [1.29, 1.82) is 0 Å². The molecule has 1 aromatic carbocycles. The SMILES string of the molecule is O=C(Cn1cc(-c2ccc(F)cc2)cn1)N1C2CCC1CC(Oc1cccnc1)C2. The first-order valence-corrected chi connectivity index (χ1v) is 10.3. The summed E-state index contributed by atoms with van der Waals surface area (Å²) in [5.74, 6) is 0.607. The third kappa shape index (κ3) is 3.79. The monoisotopic (exact) mass is 406 g/mol. The number of aromatic nitrogens is 3. The van der Waals surface area contributed by atoms with Gasteiger partial charge in [0.15, 0.2) is 0 Å². The fourth-order valence-corrected chi connectivity index (χ4v) is 4.70. The lowest BCUT2D eigenvalue weighted by Gasteiger charge is -2.38. The second kappa shape index (κ2) is 7.89. The van der Waals surface area contributed by atoms with Crippen LogP contribution in [-0.2, 0) is 11.3 Å². The molecule has 0 saturated carbocycles. The fraction of sp³-hybridized carbons (Fsp3) is 0.348. The van der Waals surface area contributed by atoms with Crippen LogP contribution in [0.15, 0.2) is 61.2 Å². The Balaban J connectivity index is 1.23. The van der Waals surface area contributed by atoms with Crippen molar-refractivity contribution in [3.05, 3.63) is 67.0 Å². The van der Waals surface area contributed by atoms with Gasteiger partial charge in [0.25, 0.3) is 0 Å². The molecule has 0 N–H and O–H groups in total. The number of nitrogens with zero attached hydrogens (tertiary/aromatic N) is 4. The van der Waals surface area contributed by atoms with E-state index in [4.69, 9.17) is 4.74 Å². The highest BCUT2D eigenvalue weighted by Crippen LogP contribution is 2.37. The van der Waals surface area contributed by atoms with Crippen molar-refractivity contribution in [2.24, 2.45) is 0 Å². The van der Waals surface area contributed by atoms with Crippen LogP contribution >= 0.6 is 0 Å².